The largest absolute Gasteiger partial charge is 0.316 e. The summed E-state index contributed by atoms with van der Waals surface area (Å²) >= 11 is 0. The van der Waals surface area contributed by atoms with Gasteiger partial charge in [-0.25, -0.2) is 0 Å². The lowest BCUT2D eigenvalue weighted by atomic mass is 10.6. The van der Waals surface area contributed by atoms with Crippen molar-refractivity contribution in [3.8, 4) is 0 Å². The van der Waals surface area contributed by atoms with E-state index in [1.54, 1.807) is 12.4 Å². The smallest absolute Gasteiger partial charge is 0.0236 e. The molecule has 0 unspecified atom stereocenters. The fraction of sp³-hybridized carbons (Fsp3) is 0.500. The molecule has 1 N–H and O–H groups in total. The Bertz CT molecular complexity index is 84.5. The number of likely N-dealkylation sites (N-methyl/N-ethyl adjacent to an activating group) is 1. The minimum absolute atomic E-state index is 0.886. The van der Waals surface area contributed by atoms with E-state index in [4.69, 9.17) is 0 Å². The summed E-state index contributed by atoms with van der Waals surface area (Å²) in [4.78, 5) is 3.86. The molecule has 0 aliphatic heterocycles. The van der Waals surface area contributed by atoms with Gasteiger partial charge in [0.05, 0.1) is 0 Å². The third kappa shape index (κ3) is 5.37. The molecular formula is C6H12N2. The van der Waals surface area contributed by atoms with Crippen molar-refractivity contribution in [1.82, 2.24) is 5.32 Å². The first kappa shape index (κ1) is 7.37. The fourth-order valence-corrected chi connectivity index (χ4v) is 0.317. The Morgan fingerprint density at radius 3 is 2.88 bits per heavy atom. The Balaban J connectivity index is 3.07. The van der Waals surface area contributed by atoms with Crippen LogP contribution in [-0.4, -0.2) is 19.8 Å². The van der Waals surface area contributed by atoms with Gasteiger partial charge in [0.25, 0.3) is 0 Å². The zero-order valence-electron chi connectivity index (χ0n) is 5.39. The maximum atomic E-state index is 3.86. The molecule has 2 nitrogen and oxygen atoms in total. The van der Waals surface area contributed by atoms with Gasteiger partial charge < -0.3 is 5.32 Å². The van der Waals surface area contributed by atoms with E-state index in [2.05, 4.69) is 10.3 Å². The molecule has 0 saturated carbocycles. The van der Waals surface area contributed by atoms with Crippen LogP contribution in [-0.2, 0) is 0 Å². The summed E-state index contributed by atoms with van der Waals surface area (Å²) in [6, 6.07) is 0. The van der Waals surface area contributed by atoms with Gasteiger partial charge in [-0.3, -0.25) is 4.99 Å². The Morgan fingerprint density at radius 1 is 1.62 bits per heavy atom. The average Bonchev–Trinajstić information content (AvgIpc) is 1.81. The SMILES string of the molecule is C/C=N\C=C/CNC. The van der Waals surface area contributed by atoms with E-state index in [9.17, 15) is 0 Å². The molecule has 0 atom stereocenters. The second-order valence-corrected chi connectivity index (χ2v) is 1.35. The van der Waals surface area contributed by atoms with Gasteiger partial charge in [0, 0.05) is 19.0 Å². The summed E-state index contributed by atoms with van der Waals surface area (Å²) in [5.74, 6) is 0. The second-order valence-electron chi connectivity index (χ2n) is 1.35. The van der Waals surface area contributed by atoms with Crippen molar-refractivity contribution in [1.29, 1.82) is 0 Å². The summed E-state index contributed by atoms with van der Waals surface area (Å²) < 4.78 is 0. The van der Waals surface area contributed by atoms with E-state index in [0.29, 0.717) is 0 Å². The van der Waals surface area contributed by atoms with Crippen LogP contribution >= 0.6 is 0 Å². The third-order valence-corrected chi connectivity index (χ3v) is 0.663. The van der Waals surface area contributed by atoms with Crippen LogP contribution in [0.25, 0.3) is 0 Å². The van der Waals surface area contributed by atoms with Crippen molar-refractivity contribution in [2.45, 2.75) is 6.92 Å². The zero-order chi connectivity index (χ0) is 6.24. The lowest BCUT2D eigenvalue weighted by molar-refractivity contribution is 0.918. The van der Waals surface area contributed by atoms with E-state index in [-0.39, 0.29) is 0 Å². The molecule has 46 valence electrons. The van der Waals surface area contributed by atoms with Gasteiger partial charge in [-0.15, -0.1) is 0 Å². The highest BCUT2D eigenvalue weighted by atomic mass is 14.8. The maximum absolute atomic E-state index is 3.86. The molecule has 0 spiro atoms. The van der Waals surface area contributed by atoms with Gasteiger partial charge in [0.15, 0.2) is 0 Å². The van der Waals surface area contributed by atoms with Crippen LogP contribution in [0.1, 0.15) is 6.92 Å². The Labute approximate surface area is 50.3 Å². The summed E-state index contributed by atoms with van der Waals surface area (Å²) in [6.45, 7) is 2.78. The van der Waals surface area contributed by atoms with Crippen molar-refractivity contribution in [2.24, 2.45) is 4.99 Å². The topological polar surface area (TPSA) is 24.4 Å². The highest BCUT2D eigenvalue weighted by Gasteiger charge is 1.64. The third-order valence-electron chi connectivity index (χ3n) is 0.663. The van der Waals surface area contributed by atoms with Crippen LogP contribution in [0.15, 0.2) is 17.3 Å². The number of hydrogen-bond acceptors (Lipinski definition) is 2. The van der Waals surface area contributed by atoms with Crippen LogP contribution < -0.4 is 5.32 Å². The van der Waals surface area contributed by atoms with Gasteiger partial charge in [0.2, 0.25) is 0 Å². The summed E-state index contributed by atoms with van der Waals surface area (Å²) in [7, 11) is 1.90. The number of rotatable bonds is 3. The number of hydrogen-bond donors (Lipinski definition) is 1. The van der Waals surface area contributed by atoms with Crippen molar-refractivity contribution in [3.63, 3.8) is 0 Å². The Morgan fingerprint density at radius 2 is 2.38 bits per heavy atom. The minimum Gasteiger partial charge on any atom is -0.316 e. The maximum Gasteiger partial charge on any atom is 0.0236 e. The molecule has 0 rings (SSSR count). The van der Waals surface area contributed by atoms with E-state index in [1.165, 1.54) is 0 Å². The molecule has 0 heterocycles. The van der Waals surface area contributed by atoms with Crippen molar-refractivity contribution in [3.05, 3.63) is 12.3 Å². The Hall–Kier alpha value is -0.630. The molecule has 0 aliphatic rings. The van der Waals surface area contributed by atoms with E-state index < -0.39 is 0 Å². The van der Waals surface area contributed by atoms with Gasteiger partial charge >= 0.3 is 0 Å². The van der Waals surface area contributed by atoms with E-state index >= 15 is 0 Å². The van der Waals surface area contributed by atoms with Crippen LogP contribution in [0.3, 0.4) is 0 Å². The highest BCUT2D eigenvalue weighted by molar-refractivity contribution is 5.54. The first-order chi connectivity index (χ1) is 3.91. The fourth-order valence-electron chi connectivity index (χ4n) is 0.317. The van der Waals surface area contributed by atoms with Crippen molar-refractivity contribution >= 4 is 6.21 Å². The lowest BCUT2D eigenvalue weighted by Crippen LogP contribution is -2.03. The van der Waals surface area contributed by atoms with Crippen LogP contribution in [0, 0.1) is 0 Å². The molecular weight excluding hydrogens is 100 g/mol. The second kappa shape index (κ2) is 6.37. The average molecular weight is 112 g/mol. The molecule has 0 amide bonds. The normalized spacial score (nSPS) is 11.8. The molecule has 0 aromatic carbocycles. The highest BCUT2D eigenvalue weighted by Crippen LogP contribution is 1.69. The first-order valence-corrected chi connectivity index (χ1v) is 2.69. The zero-order valence-corrected chi connectivity index (χ0v) is 5.39. The summed E-state index contributed by atoms with van der Waals surface area (Å²) in [5, 5.41) is 2.97. The predicted octanol–water partition coefficient (Wildman–Crippen LogP) is 0.810. The van der Waals surface area contributed by atoms with Crippen LogP contribution in [0.5, 0.6) is 0 Å². The van der Waals surface area contributed by atoms with E-state index in [0.717, 1.165) is 6.54 Å². The number of nitrogens with one attached hydrogen (secondary N) is 1. The van der Waals surface area contributed by atoms with Crippen LogP contribution in [0.2, 0.25) is 0 Å². The molecule has 0 fully saturated rings. The predicted molar refractivity (Wildman–Crippen MR) is 37.2 cm³/mol. The van der Waals surface area contributed by atoms with Gasteiger partial charge in [-0.2, -0.15) is 0 Å². The molecule has 0 saturated heterocycles. The summed E-state index contributed by atoms with van der Waals surface area (Å²) in [6.07, 6.45) is 5.49. The van der Waals surface area contributed by atoms with Crippen LogP contribution in [0.4, 0.5) is 0 Å². The van der Waals surface area contributed by atoms with Crippen molar-refractivity contribution < 1.29 is 0 Å². The number of nitrogens with zero attached hydrogens (tertiary/aromatic N) is 1. The van der Waals surface area contributed by atoms with Crippen molar-refractivity contribution in [2.75, 3.05) is 13.6 Å². The quantitative estimate of drug-likeness (QED) is 0.537. The molecule has 0 bridgehead atoms. The van der Waals surface area contributed by atoms with Gasteiger partial charge in [0.1, 0.15) is 0 Å². The molecule has 0 aliphatic carbocycles. The monoisotopic (exact) mass is 112 g/mol. The van der Waals surface area contributed by atoms with E-state index in [1.807, 2.05) is 20.0 Å². The summed E-state index contributed by atoms with van der Waals surface area (Å²) in [5.41, 5.74) is 0. The van der Waals surface area contributed by atoms with Gasteiger partial charge in [-0.1, -0.05) is 6.08 Å². The molecule has 0 aromatic heterocycles. The first-order valence-electron chi connectivity index (χ1n) is 2.69. The molecule has 0 radical (unpaired) electrons. The van der Waals surface area contributed by atoms with Gasteiger partial charge in [-0.05, 0) is 14.0 Å². The molecule has 0 aromatic rings. The Kier molecular flexibility index (Phi) is 5.87. The standard InChI is InChI=1S/C6H12N2/c1-3-8-6-4-5-7-2/h3-4,6-7H,5H2,1-2H3/b6-4-,8-3-. The number of aliphatic imine (C=N–C) groups is 1. The minimum atomic E-state index is 0.886. The lowest BCUT2D eigenvalue weighted by Gasteiger charge is -1.82. The molecule has 2 heteroatoms. The molecule has 8 heavy (non-hydrogen) atoms.